The van der Waals surface area contributed by atoms with Gasteiger partial charge in [0.1, 0.15) is 17.1 Å². The van der Waals surface area contributed by atoms with Gasteiger partial charge in [-0.1, -0.05) is 29.3 Å². The maximum atomic E-state index is 13.1. The number of hydrogen-bond donors (Lipinski definition) is 1. The molecule has 0 aliphatic rings. The van der Waals surface area contributed by atoms with Crippen LogP contribution < -0.4 is 0 Å². The number of benzene rings is 1. The molecule has 2 aromatic rings. The summed E-state index contributed by atoms with van der Waals surface area (Å²) in [6.07, 6.45) is 0.400. The Kier molecular flexibility index (Phi) is 3.62. The van der Waals surface area contributed by atoms with E-state index in [0.717, 1.165) is 0 Å². The third-order valence-electron chi connectivity index (χ3n) is 2.32. The molecule has 0 aliphatic heterocycles. The Balaban J connectivity index is 2.39. The number of pyridine rings is 1. The van der Waals surface area contributed by atoms with Gasteiger partial charge >= 0.3 is 0 Å². The molecule has 5 heteroatoms. The zero-order chi connectivity index (χ0) is 12.4. The van der Waals surface area contributed by atoms with Crippen LogP contribution in [0.3, 0.4) is 0 Å². The Morgan fingerprint density at radius 2 is 1.94 bits per heavy atom. The van der Waals surface area contributed by atoms with Crippen molar-refractivity contribution < 1.29 is 9.50 Å². The van der Waals surface area contributed by atoms with Gasteiger partial charge < -0.3 is 5.11 Å². The number of rotatable bonds is 2. The molecule has 0 bridgehead atoms. The predicted octanol–water partition coefficient (Wildman–Crippen LogP) is 3.61. The highest BCUT2D eigenvalue weighted by molar-refractivity contribution is 6.31. The fourth-order valence-electron chi connectivity index (χ4n) is 1.45. The first-order chi connectivity index (χ1) is 8.08. The van der Waals surface area contributed by atoms with E-state index in [0.29, 0.717) is 21.3 Å². The second-order valence-electron chi connectivity index (χ2n) is 3.48. The molecule has 1 unspecified atom stereocenters. The molecule has 1 aromatic heterocycles. The second kappa shape index (κ2) is 5.00. The lowest BCUT2D eigenvalue weighted by Crippen LogP contribution is -2.01. The average molecular weight is 272 g/mol. The van der Waals surface area contributed by atoms with Gasteiger partial charge in [0.15, 0.2) is 0 Å². The highest BCUT2D eigenvalue weighted by Gasteiger charge is 2.15. The Hall–Kier alpha value is -1.16. The first-order valence-electron chi connectivity index (χ1n) is 4.82. The molecule has 17 heavy (non-hydrogen) atoms. The van der Waals surface area contributed by atoms with Gasteiger partial charge in [-0.2, -0.15) is 0 Å². The number of aromatic nitrogens is 1. The maximum absolute atomic E-state index is 13.1. The van der Waals surface area contributed by atoms with Gasteiger partial charge in [-0.05, 0) is 24.3 Å². The van der Waals surface area contributed by atoms with E-state index in [9.17, 15) is 9.50 Å². The van der Waals surface area contributed by atoms with Crippen LogP contribution >= 0.6 is 23.2 Å². The Labute approximate surface area is 108 Å². The van der Waals surface area contributed by atoms with Gasteiger partial charge in [0.25, 0.3) is 0 Å². The molecule has 0 saturated carbocycles. The number of nitrogens with zero attached hydrogens (tertiary/aromatic N) is 1. The minimum Gasteiger partial charge on any atom is -0.384 e. The van der Waals surface area contributed by atoms with Gasteiger partial charge in [-0.3, -0.25) is 0 Å². The molecule has 0 amide bonds. The molecule has 0 spiro atoms. The number of aliphatic hydroxyl groups is 1. The van der Waals surface area contributed by atoms with Crippen molar-refractivity contribution in [3.63, 3.8) is 0 Å². The van der Waals surface area contributed by atoms with Crippen LogP contribution in [0, 0.1) is 5.82 Å². The Bertz CT molecular complexity index is 531. The van der Waals surface area contributed by atoms with E-state index in [1.165, 1.54) is 24.4 Å². The number of aliphatic hydroxyl groups excluding tert-OH is 1. The number of hydrogen-bond acceptors (Lipinski definition) is 2. The number of halogens is 3. The lowest BCUT2D eigenvalue weighted by Gasteiger charge is -2.12. The summed E-state index contributed by atoms with van der Waals surface area (Å²) < 4.78 is 13.1. The molecular weight excluding hydrogens is 264 g/mol. The summed E-state index contributed by atoms with van der Waals surface area (Å²) in [7, 11) is 0. The summed E-state index contributed by atoms with van der Waals surface area (Å²) in [4.78, 5) is 3.85. The minimum absolute atomic E-state index is 0.300. The summed E-state index contributed by atoms with van der Waals surface area (Å²) in [6, 6.07) is 6.99. The molecule has 0 saturated heterocycles. The molecule has 0 aliphatic carbocycles. The van der Waals surface area contributed by atoms with Crippen LogP contribution in [0.5, 0.6) is 0 Å². The van der Waals surface area contributed by atoms with Gasteiger partial charge in [-0.25, -0.2) is 9.37 Å². The first kappa shape index (κ1) is 12.3. The van der Waals surface area contributed by atoms with Crippen LogP contribution in [0.4, 0.5) is 4.39 Å². The summed E-state index contributed by atoms with van der Waals surface area (Å²) >= 11 is 11.5. The van der Waals surface area contributed by atoms with Crippen molar-refractivity contribution in [1.29, 1.82) is 0 Å². The Morgan fingerprint density at radius 3 is 2.59 bits per heavy atom. The van der Waals surface area contributed by atoms with Crippen LogP contribution in [0.25, 0.3) is 0 Å². The summed E-state index contributed by atoms with van der Waals surface area (Å²) in [5, 5.41) is 10.7. The monoisotopic (exact) mass is 271 g/mol. The van der Waals surface area contributed by atoms with Crippen molar-refractivity contribution in [3.8, 4) is 0 Å². The lowest BCUT2D eigenvalue weighted by molar-refractivity contribution is 0.219. The molecule has 88 valence electrons. The average Bonchev–Trinajstić information content (AvgIpc) is 2.32. The van der Waals surface area contributed by atoms with Gasteiger partial charge in [-0.15, -0.1) is 0 Å². The molecule has 1 atom stereocenters. The van der Waals surface area contributed by atoms with Crippen molar-refractivity contribution in [3.05, 3.63) is 63.6 Å². The van der Waals surface area contributed by atoms with E-state index in [4.69, 9.17) is 23.2 Å². The molecule has 1 heterocycles. The fraction of sp³-hybridized carbons (Fsp3) is 0.0833. The lowest BCUT2D eigenvalue weighted by atomic mass is 10.0. The molecule has 2 rings (SSSR count). The molecule has 1 N–H and O–H groups in total. The van der Waals surface area contributed by atoms with E-state index in [1.807, 2.05) is 0 Å². The predicted molar refractivity (Wildman–Crippen MR) is 64.7 cm³/mol. The van der Waals surface area contributed by atoms with E-state index >= 15 is 0 Å². The van der Waals surface area contributed by atoms with Gasteiger partial charge in [0.05, 0.1) is 0 Å². The normalized spacial score (nSPS) is 12.5. The van der Waals surface area contributed by atoms with Crippen molar-refractivity contribution >= 4 is 23.2 Å². The quantitative estimate of drug-likeness (QED) is 0.847. The SMILES string of the molecule is OC(c1ccc(Cl)nc1)c1cc(F)ccc1Cl. The Morgan fingerprint density at radius 1 is 1.18 bits per heavy atom. The fourth-order valence-corrected chi connectivity index (χ4v) is 1.79. The molecule has 0 radical (unpaired) electrons. The smallest absolute Gasteiger partial charge is 0.129 e. The zero-order valence-corrected chi connectivity index (χ0v) is 10.1. The van der Waals surface area contributed by atoms with Crippen LogP contribution in [-0.4, -0.2) is 10.1 Å². The van der Waals surface area contributed by atoms with E-state index in [2.05, 4.69) is 4.98 Å². The molecule has 2 nitrogen and oxygen atoms in total. The third kappa shape index (κ3) is 2.75. The summed E-state index contributed by atoms with van der Waals surface area (Å²) in [5.74, 6) is -0.453. The van der Waals surface area contributed by atoms with Crippen LogP contribution in [0.1, 0.15) is 17.2 Å². The van der Waals surface area contributed by atoms with Crippen molar-refractivity contribution in [2.24, 2.45) is 0 Å². The molecule has 1 aromatic carbocycles. The van der Waals surface area contributed by atoms with Gasteiger partial charge in [0.2, 0.25) is 0 Å². The van der Waals surface area contributed by atoms with Gasteiger partial charge in [0, 0.05) is 22.3 Å². The van der Waals surface area contributed by atoms with Crippen molar-refractivity contribution in [2.75, 3.05) is 0 Å². The van der Waals surface area contributed by atoms with E-state index in [-0.39, 0.29) is 0 Å². The van der Waals surface area contributed by atoms with Crippen LogP contribution in [0.2, 0.25) is 10.2 Å². The summed E-state index contributed by atoms with van der Waals surface area (Å²) in [5.41, 5.74) is 0.803. The molecular formula is C12H8Cl2FNO. The standard InChI is InChI=1S/C12H8Cl2FNO/c13-10-3-2-8(15)5-9(10)12(17)7-1-4-11(14)16-6-7/h1-6,12,17H. The zero-order valence-electron chi connectivity index (χ0n) is 8.57. The van der Waals surface area contributed by atoms with E-state index in [1.54, 1.807) is 12.1 Å². The largest absolute Gasteiger partial charge is 0.384 e. The topological polar surface area (TPSA) is 33.1 Å². The maximum Gasteiger partial charge on any atom is 0.129 e. The summed E-state index contributed by atoms with van der Waals surface area (Å²) in [6.45, 7) is 0. The minimum atomic E-state index is -1.03. The first-order valence-corrected chi connectivity index (χ1v) is 5.58. The van der Waals surface area contributed by atoms with Crippen molar-refractivity contribution in [2.45, 2.75) is 6.10 Å². The van der Waals surface area contributed by atoms with Crippen LogP contribution in [-0.2, 0) is 0 Å². The molecule has 0 fully saturated rings. The second-order valence-corrected chi connectivity index (χ2v) is 4.28. The van der Waals surface area contributed by atoms with Crippen LogP contribution in [0.15, 0.2) is 36.5 Å². The highest BCUT2D eigenvalue weighted by atomic mass is 35.5. The third-order valence-corrected chi connectivity index (χ3v) is 2.89. The van der Waals surface area contributed by atoms with E-state index < -0.39 is 11.9 Å². The highest BCUT2D eigenvalue weighted by Crippen LogP contribution is 2.28. The van der Waals surface area contributed by atoms with Crippen molar-refractivity contribution in [1.82, 2.24) is 4.98 Å².